The molecule has 0 atom stereocenters. The van der Waals surface area contributed by atoms with Crippen LogP contribution in [0, 0.1) is 0 Å². The van der Waals surface area contributed by atoms with Crippen molar-refractivity contribution in [3.05, 3.63) is 67.1 Å². The molecule has 2 N–H and O–H groups in total. The van der Waals surface area contributed by atoms with Gasteiger partial charge in [-0.2, -0.15) is 0 Å². The van der Waals surface area contributed by atoms with Crippen molar-refractivity contribution in [3.63, 3.8) is 0 Å². The number of aromatic hydroxyl groups is 1. The monoisotopic (exact) mass is 391 g/mol. The van der Waals surface area contributed by atoms with Gasteiger partial charge in [-0.05, 0) is 42.5 Å². The predicted octanol–water partition coefficient (Wildman–Crippen LogP) is 2.81. The highest BCUT2D eigenvalue weighted by Crippen LogP contribution is 2.36. The summed E-state index contributed by atoms with van der Waals surface area (Å²) < 4.78 is 27.4. The van der Waals surface area contributed by atoms with Crippen molar-refractivity contribution in [3.8, 4) is 17.3 Å². The summed E-state index contributed by atoms with van der Waals surface area (Å²) in [5, 5.41) is 15.3. The number of aromatic amines is 1. The number of fused-ring (bicyclic) bond motifs is 2. The Hall–Kier alpha value is -3.72. The van der Waals surface area contributed by atoms with Crippen molar-refractivity contribution in [2.45, 2.75) is 9.79 Å². The van der Waals surface area contributed by atoms with Gasteiger partial charge in [-0.15, -0.1) is 5.10 Å². The number of benzene rings is 1. The molecule has 0 aliphatic carbocycles. The van der Waals surface area contributed by atoms with E-state index in [0.717, 1.165) is 0 Å². The van der Waals surface area contributed by atoms with Crippen LogP contribution >= 0.6 is 0 Å². The highest BCUT2D eigenvalue weighted by Gasteiger charge is 2.22. The molecule has 4 aromatic heterocycles. The van der Waals surface area contributed by atoms with E-state index in [4.69, 9.17) is 0 Å². The van der Waals surface area contributed by atoms with Gasteiger partial charge in [-0.1, -0.05) is 6.07 Å². The van der Waals surface area contributed by atoms with E-state index in [1.807, 2.05) is 12.1 Å². The number of sulfone groups is 1. The molecule has 28 heavy (non-hydrogen) atoms. The van der Waals surface area contributed by atoms with Gasteiger partial charge in [0.1, 0.15) is 0 Å². The van der Waals surface area contributed by atoms with Gasteiger partial charge in [0.15, 0.2) is 11.5 Å². The second-order valence-electron chi connectivity index (χ2n) is 6.19. The second-order valence-corrected chi connectivity index (χ2v) is 8.14. The first kappa shape index (κ1) is 16.5. The Morgan fingerprint density at radius 1 is 1.04 bits per heavy atom. The van der Waals surface area contributed by atoms with Crippen molar-refractivity contribution in [2.75, 3.05) is 0 Å². The van der Waals surface area contributed by atoms with Crippen molar-refractivity contribution in [1.82, 2.24) is 24.6 Å². The topological polar surface area (TPSA) is 113 Å². The smallest absolute Gasteiger partial charge is 0.208 e. The van der Waals surface area contributed by atoms with Gasteiger partial charge in [0, 0.05) is 29.5 Å². The average Bonchev–Trinajstić information content (AvgIpc) is 3.27. The van der Waals surface area contributed by atoms with Crippen molar-refractivity contribution in [1.29, 1.82) is 0 Å². The summed E-state index contributed by atoms with van der Waals surface area (Å²) in [6.45, 7) is 0. The SMILES string of the molecule is O=S(=O)(c1cccnc1)c1ccc2[nH]c(O)c(-c3nc4ccccn4n3)c2c1. The average molecular weight is 391 g/mol. The largest absolute Gasteiger partial charge is 0.494 e. The molecule has 9 heteroatoms. The zero-order chi connectivity index (χ0) is 19.3. The van der Waals surface area contributed by atoms with E-state index in [0.29, 0.717) is 27.9 Å². The Kier molecular flexibility index (Phi) is 3.46. The normalized spacial score (nSPS) is 12.0. The first-order chi connectivity index (χ1) is 13.5. The van der Waals surface area contributed by atoms with Crippen molar-refractivity contribution in [2.24, 2.45) is 0 Å². The molecule has 0 unspecified atom stereocenters. The Balaban J connectivity index is 1.73. The summed E-state index contributed by atoms with van der Waals surface area (Å²) in [5.74, 6) is 0.174. The number of hydrogen-bond acceptors (Lipinski definition) is 6. The summed E-state index contributed by atoms with van der Waals surface area (Å²) in [4.78, 5) is 11.4. The third-order valence-corrected chi connectivity index (χ3v) is 6.21. The molecule has 0 saturated carbocycles. The van der Waals surface area contributed by atoms with Crippen LogP contribution in [0.5, 0.6) is 5.88 Å². The van der Waals surface area contributed by atoms with E-state index in [1.165, 1.54) is 30.6 Å². The number of aromatic nitrogens is 5. The minimum absolute atomic E-state index is 0.0945. The molecule has 0 fully saturated rings. The molecule has 5 aromatic rings. The molecule has 0 aliphatic heterocycles. The summed E-state index contributed by atoms with van der Waals surface area (Å²) in [7, 11) is -3.75. The molecule has 0 aliphatic rings. The van der Waals surface area contributed by atoms with Gasteiger partial charge in [0.2, 0.25) is 15.7 Å². The van der Waals surface area contributed by atoms with Gasteiger partial charge < -0.3 is 10.1 Å². The molecule has 5 rings (SSSR count). The van der Waals surface area contributed by atoms with E-state index >= 15 is 0 Å². The number of rotatable bonds is 3. The molecule has 0 amide bonds. The second kappa shape index (κ2) is 5.89. The highest BCUT2D eigenvalue weighted by molar-refractivity contribution is 7.91. The molecule has 0 spiro atoms. The fraction of sp³-hybridized carbons (Fsp3) is 0. The molecule has 138 valence electrons. The summed E-state index contributed by atoms with van der Waals surface area (Å²) in [6, 6.07) is 13.1. The number of nitrogens with one attached hydrogen (secondary N) is 1. The standard InChI is InChI=1S/C19H13N5O3S/c25-19-17(18-22-16-5-1-2-9-24(16)23-18)14-10-12(6-7-15(14)21-19)28(26,27)13-4-3-8-20-11-13/h1-11,21,25H. The van der Waals surface area contributed by atoms with Gasteiger partial charge >= 0.3 is 0 Å². The Morgan fingerprint density at radius 2 is 1.93 bits per heavy atom. The van der Waals surface area contributed by atoms with E-state index in [2.05, 4.69) is 20.1 Å². The lowest BCUT2D eigenvalue weighted by molar-refractivity contribution is 0.460. The molecular formula is C19H13N5O3S. The molecule has 4 heterocycles. The van der Waals surface area contributed by atoms with E-state index in [9.17, 15) is 13.5 Å². The summed E-state index contributed by atoms with van der Waals surface area (Å²) in [5.41, 5.74) is 1.55. The third-order valence-electron chi connectivity index (χ3n) is 4.47. The fourth-order valence-corrected chi connectivity index (χ4v) is 4.38. The van der Waals surface area contributed by atoms with Gasteiger partial charge in [0.25, 0.3) is 0 Å². The quantitative estimate of drug-likeness (QED) is 0.489. The zero-order valence-electron chi connectivity index (χ0n) is 14.3. The van der Waals surface area contributed by atoms with Crippen LogP contribution in [0.3, 0.4) is 0 Å². The van der Waals surface area contributed by atoms with E-state index < -0.39 is 9.84 Å². The molecule has 0 radical (unpaired) electrons. The van der Waals surface area contributed by atoms with E-state index in [1.54, 1.807) is 28.9 Å². The van der Waals surface area contributed by atoms with Gasteiger partial charge in [-0.3, -0.25) is 4.98 Å². The number of hydrogen-bond donors (Lipinski definition) is 2. The third kappa shape index (κ3) is 2.44. The lowest BCUT2D eigenvalue weighted by Gasteiger charge is -2.04. The van der Waals surface area contributed by atoms with Crippen LogP contribution in [0.4, 0.5) is 0 Å². The Morgan fingerprint density at radius 3 is 2.71 bits per heavy atom. The van der Waals surface area contributed by atoms with Crippen LogP contribution in [0.25, 0.3) is 27.9 Å². The van der Waals surface area contributed by atoms with Crippen molar-refractivity contribution < 1.29 is 13.5 Å². The molecule has 0 saturated heterocycles. The Bertz CT molecular complexity index is 1410. The summed E-state index contributed by atoms with van der Waals surface area (Å²) >= 11 is 0. The predicted molar refractivity (Wildman–Crippen MR) is 102 cm³/mol. The van der Waals surface area contributed by atoms with Gasteiger partial charge in [0.05, 0.1) is 15.4 Å². The van der Waals surface area contributed by atoms with Crippen LogP contribution in [0.1, 0.15) is 0 Å². The molecule has 8 nitrogen and oxygen atoms in total. The first-order valence-electron chi connectivity index (χ1n) is 8.35. The van der Waals surface area contributed by atoms with Crippen molar-refractivity contribution >= 4 is 26.4 Å². The first-order valence-corrected chi connectivity index (χ1v) is 9.84. The highest BCUT2D eigenvalue weighted by atomic mass is 32.2. The van der Waals surface area contributed by atoms with Crippen LogP contribution in [0.15, 0.2) is 76.9 Å². The van der Waals surface area contributed by atoms with Crippen LogP contribution < -0.4 is 0 Å². The fourth-order valence-electron chi connectivity index (χ4n) is 3.13. The Labute approximate surface area is 159 Å². The number of H-pyrrole nitrogens is 1. The molecular weight excluding hydrogens is 378 g/mol. The maximum absolute atomic E-state index is 12.9. The van der Waals surface area contributed by atoms with Gasteiger partial charge in [-0.25, -0.2) is 17.9 Å². The maximum Gasteiger partial charge on any atom is 0.208 e. The lowest BCUT2D eigenvalue weighted by Crippen LogP contribution is -2.02. The van der Waals surface area contributed by atoms with Crippen LogP contribution in [0.2, 0.25) is 0 Å². The van der Waals surface area contributed by atoms with Crippen LogP contribution in [-0.4, -0.2) is 38.1 Å². The van der Waals surface area contributed by atoms with E-state index in [-0.39, 0.29) is 15.7 Å². The van der Waals surface area contributed by atoms with Crippen LogP contribution in [-0.2, 0) is 9.84 Å². The minimum Gasteiger partial charge on any atom is -0.494 e. The lowest BCUT2D eigenvalue weighted by atomic mass is 10.1. The number of pyridine rings is 2. The maximum atomic E-state index is 12.9. The molecule has 1 aromatic carbocycles. The summed E-state index contributed by atoms with van der Waals surface area (Å²) in [6.07, 6.45) is 4.56. The number of nitrogens with zero attached hydrogens (tertiary/aromatic N) is 4. The zero-order valence-corrected chi connectivity index (χ0v) is 15.1. The minimum atomic E-state index is -3.75. The molecule has 0 bridgehead atoms.